The molecule has 4 rings (SSSR count). The van der Waals surface area contributed by atoms with E-state index in [4.69, 9.17) is 36.0 Å². The SMILES string of the molecule is S=C1c2cccc3c(Cl)ccc(c23)C(=S)N1c1ccccc1. The number of rotatable bonds is 1. The van der Waals surface area contributed by atoms with Crippen LogP contribution in [0.1, 0.15) is 11.1 Å². The largest absolute Gasteiger partial charge is 0.291 e. The van der Waals surface area contributed by atoms with Crippen LogP contribution >= 0.6 is 36.0 Å². The van der Waals surface area contributed by atoms with E-state index >= 15 is 0 Å². The zero-order valence-corrected chi connectivity index (χ0v) is 13.8. The molecule has 1 heterocycles. The number of para-hydroxylation sites is 1. The van der Waals surface area contributed by atoms with E-state index in [2.05, 4.69) is 0 Å². The van der Waals surface area contributed by atoms with E-state index in [-0.39, 0.29) is 0 Å². The van der Waals surface area contributed by atoms with Gasteiger partial charge in [-0.05, 0) is 24.3 Å². The van der Waals surface area contributed by atoms with Gasteiger partial charge in [0.1, 0.15) is 9.98 Å². The molecular formula is C18H10ClNS2. The highest BCUT2D eigenvalue weighted by Crippen LogP contribution is 2.36. The zero-order chi connectivity index (χ0) is 15.3. The average Bonchev–Trinajstić information content (AvgIpc) is 2.55. The van der Waals surface area contributed by atoms with E-state index in [1.54, 1.807) is 0 Å². The summed E-state index contributed by atoms with van der Waals surface area (Å²) in [6.07, 6.45) is 0. The van der Waals surface area contributed by atoms with Crippen LogP contribution in [-0.4, -0.2) is 9.98 Å². The van der Waals surface area contributed by atoms with E-state index < -0.39 is 0 Å². The maximum atomic E-state index is 6.33. The normalized spacial score (nSPS) is 13.8. The van der Waals surface area contributed by atoms with Crippen molar-refractivity contribution in [3.05, 3.63) is 76.8 Å². The summed E-state index contributed by atoms with van der Waals surface area (Å²) in [5.74, 6) is 0. The Labute approximate surface area is 144 Å². The minimum Gasteiger partial charge on any atom is -0.291 e. The van der Waals surface area contributed by atoms with Crippen molar-refractivity contribution in [3.63, 3.8) is 0 Å². The lowest BCUT2D eigenvalue weighted by atomic mass is 9.94. The van der Waals surface area contributed by atoms with Gasteiger partial charge in [-0.2, -0.15) is 0 Å². The van der Waals surface area contributed by atoms with Crippen LogP contribution in [0, 0.1) is 0 Å². The molecular weight excluding hydrogens is 330 g/mol. The van der Waals surface area contributed by atoms with Crippen LogP contribution in [-0.2, 0) is 0 Å². The van der Waals surface area contributed by atoms with Crippen LogP contribution in [0.25, 0.3) is 10.8 Å². The van der Waals surface area contributed by atoms with Crippen molar-refractivity contribution < 1.29 is 0 Å². The summed E-state index contributed by atoms with van der Waals surface area (Å²) in [5, 5.41) is 2.77. The Morgan fingerprint density at radius 3 is 2.14 bits per heavy atom. The van der Waals surface area contributed by atoms with Gasteiger partial charge in [-0.15, -0.1) is 0 Å². The molecule has 3 aromatic rings. The molecule has 1 aliphatic heterocycles. The molecule has 0 amide bonds. The standard InChI is InChI=1S/C18H10ClNS2/c19-15-10-9-14-16-12(15)7-4-8-13(16)17(21)20(18(14)22)11-5-2-1-3-6-11/h1-10H. The highest BCUT2D eigenvalue weighted by Gasteiger charge is 2.28. The first kappa shape index (κ1) is 13.8. The van der Waals surface area contributed by atoms with Gasteiger partial charge in [-0.1, -0.05) is 72.4 Å². The quantitative estimate of drug-likeness (QED) is 0.549. The molecule has 0 spiro atoms. The number of halogens is 1. The maximum absolute atomic E-state index is 6.33. The molecule has 0 saturated heterocycles. The molecule has 0 atom stereocenters. The molecule has 3 aromatic carbocycles. The lowest BCUT2D eigenvalue weighted by molar-refractivity contribution is 1.43. The Bertz CT molecular complexity index is 912. The molecule has 0 saturated carbocycles. The Kier molecular flexibility index (Phi) is 3.22. The summed E-state index contributed by atoms with van der Waals surface area (Å²) in [7, 11) is 0. The van der Waals surface area contributed by atoms with Gasteiger partial charge in [0, 0.05) is 32.6 Å². The molecule has 0 fully saturated rings. The van der Waals surface area contributed by atoms with Crippen molar-refractivity contribution in [1.82, 2.24) is 0 Å². The summed E-state index contributed by atoms with van der Waals surface area (Å²) in [4.78, 5) is 3.39. The van der Waals surface area contributed by atoms with Gasteiger partial charge in [0.2, 0.25) is 0 Å². The Morgan fingerprint density at radius 1 is 0.727 bits per heavy atom. The molecule has 0 bridgehead atoms. The number of nitrogens with zero attached hydrogens (tertiary/aromatic N) is 1. The lowest BCUT2D eigenvalue weighted by Crippen LogP contribution is -2.39. The highest BCUT2D eigenvalue weighted by molar-refractivity contribution is 7.83. The molecule has 4 heteroatoms. The van der Waals surface area contributed by atoms with Crippen LogP contribution in [0.2, 0.25) is 5.02 Å². The predicted molar refractivity (Wildman–Crippen MR) is 101 cm³/mol. The summed E-state index contributed by atoms with van der Waals surface area (Å²) >= 11 is 17.8. The monoisotopic (exact) mass is 339 g/mol. The summed E-state index contributed by atoms with van der Waals surface area (Å²) in [5.41, 5.74) is 2.99. The second-order valence-corrected chi connectivity index (χ2v) is 6.28. The molecule has 0 aliphatic carbocycles. The van der Waals surface area contributed by atoms with Crippen LogP contribution in [0.4, 0.5) is 5.69 Å². The molecule has 22 heavy (non-hydrogen) atoms. The van der Waals surface area contributed by atoms with E-state index in [1.807, 2.05) is 65.6 Å². The lowest BCUT2D eigenvalue weighted by Gasteiger charge is -2.32. The van der Waals surface area contributed by atoms with Crippen molar-refractivity contribution in [3.8, 4) is 0 Å². The van der Waals surface area contributed by atoms with Crippen LogP contribution < -0.4 is 4.90 Å². The second-order valence-electron chi connectivity index (χ2n) is 5.10. The Balaban J connectivity index is 2.03. The minimum absolute atomic E-state index is 0.719. The number of thiocarbonyl (C=S) groups is 2. The Morgan fingerprint density at radius 2 is 1.41 bits per heavy atom. The van der Waals surface area contributed by atoms with Gasteiger partial charge in [-0.25, -0.2) is 0 Å². The van der Waals surface area contributed by atoms with Gasteiger partial charge >= 0.3 is 0 Å². The van der Waals surface area contributed by atoms with E-state index in [9.17, 15) is 0 Å². The first-order valence-corrected chi connectivity index (χ1v) is 8.03. The molecule has 0 radical (unpaired) electrons. The molecule has 106 valence electrons. The van der Waals surface area contributed by atoms with Crippen molar-refractivity contribution in [2.24, 2.45) is 0 Å². The number of anilines is 1. The predicted octanol–water partition coefficient (Wildman–Crippen LogP) is 5.36. The summed E-state index contributed by atoms with van der Waals surface area (Å²) in [6, 6.07) is 19.9. The number of hydrogen-bond acceptors (Lipinski definition) is 2. The van der Waals surface area contributed by atoms with E-state index in [0.29, 0.717) is 0 Å². The van der Waals surface area contributed by atoms with Gasteiger partial charge in [0.05, 0.1) is 0 Å². The fourth-order valence-corrected chi connectivity index (χ4v) is 3.88. The van der Waals surface area contributed by atoms with Crippen LogP contribution in [0.5, 0.6) is 0 Å². The van der Waals surface area contributed by atoms with Crippen molar-refractivity contribution >= 4 is 62.5 Å². The zero-order valence-electron chi connectivity index (χ0n) is 11.4. The number of benzene rings is 3. The molecule has 1 nitrogen and oxygen atoms in total. The molecule has 0 N–H and O–H groups in total. The van der Waals surface area contributed by atoms with Gasteiger partial charge in [-0.3, -0.25) is 4.90 Å². The van der Waals surface area contributed by atoms with Gasteiger partial charge < -0.3 is 0 Å². The smallest absolute Gasteiger partial charge is 0.119 e. The molecule has 0 aromatic heterocycles. The van der Waals surface area contributed by atoms with E-state index in [1.165, 1.54) is 0 Å². The second kappa shape index (κ2) is 5.13. The molecule has 1 aliphatic rings. The minimum atomic E-state index is 0.719. The third kappa shape index (κ3) is 1.90. The van der Waals surface area contributed by atoms with Crippen molar-refractivity contribution in [2.45, 2.75) is 0 Å². The number of hydrogen-bond donors (Lipinski definition) is 0. The van der Waals surface area contributed by atoms with Gasteiger partial charge in [0.15, 0.2) is 0 Å². The van der Waals surface area contributed by atoms with Crippen molar-refractivity contribution in [2.75, 3.05) is 4.90 Å². The van der Waals surface area contributed by atoms with Crippen LogP contribution in [0.3, 0.4) is 0 Å². The van der Waals surface area contributed by atoms with E-state index in [0.717, 1.165) is 42.6 Å². The summed E-state index contributed by atoms with van der Waals surface area (Å²) in [6.45, 7) is 0. The third-order valence-corrected chi connectivity index (χ3v) is 5.00. The topological polar surface area (TPSA) is 3.24 Å². The Hall–Kier alpha value is -1.81. The fourth-order valence-electron chi connectivity index (χ4n) is 2.87. The highest BCUT2D eigenvalue weighted by atomic mass is 35.5. The first-order chi connectivity index (χ1) is 10.7. The van der Waals surface area contributed by atoms with Crippen molar-refractivity contribution in [1.29, 1.82) is 0 Å². The maximum Gasteiger partial charge on any atom is 0.119 e. The average molecular weight is 340 g/mol. The van der Waals surface area contributed by atoms with Crippen LogP contribution in [0.15, 0.2) is 60.7 Å². The van der Waals surface area contributed by atoms with Gasteiger partial charge in [0.25, 0.3) is 0 Å². The summed E-state index contributed by atoms with van der Waals surface area (Å²) < 4.78 is 0. The first-order valence-electron chi connectivity index (χ1n) is 6.83. The molecule has 0 unspecified atom stereocenters. The fraction of sp³-hybridized carbons (Fsp3) is 0. The third-order valence-electron chi connectivity index (χ3n) is 3.87.